The number of carbonyl (C=O) groups is 4. The monoisotopic (exact) mass is 604 g/mol. The van der Waals surface area contributed by atoms with Crippen LogP contribution >= 0.6 is 0 Å². The Balaban J connectivity index is 1.43. The molecule has 0 aromatic heterocycles. The average Bonchev–Trinajstić information content (AvgIpc) is 3.61. The van der Waals surface area contributed by atoms with E-state index in [4.69, 9.17) is 18.9 Å². The largest absolute Gasteiger partial charge is 0.465 e. The molecular weight excluding hydrogens is 560 g/mol. The smallest absolute Gasteiger partial charge is 0.334 e. The lowest BCUT2D eigenvalue weighted by molar-refractivity contribution is -0.298. The third-order valence-corrected chi connectivity index (χ3v) is 12.9. The number of fused-ring (bicyclic) bond motifs is 4. The minimum absolute atomic E-state index is 0.00352. The Morgan fingerprint density at radius 1 is 1.05 bits per heavy atom. The van der Waals surface area contributed by atoms with Gasteiger partial charge in [0.1, 0.15) is 41.4 Å². The molecule has 238 valence electrons. The number of esters is 3. The van der Waals surface area contributed by atoms with Gasteiger partial charge in [0.2, 0.25) is 0 Å². The molecule has 1 unspecified atom stereocenters. The molecule has 0 bridgehead atoms. The SMILES string of the molecule is CC(=O)OC[C@]12CC[C@H]3[C@@H](C[C@H]4O[C@]45[C@@H](OC(C)=O)CCC(=O)[C@]35C)[C@]1(O)CC[C@@]2(O)[C@@](C)(O)C1CC(C)=C(C)C(=O)O1. The van der Waals surface area contributed by atoms with Crippen LogP contribution in [-0.2, 0) is 38.1 Å². The van der Waals surface area contributed by atoms with Gasteiger partial charge in [-0.1, -0.05) is 5.57 Å². The molecule has 6 rings (SSSR count). The second-order valence-electron chi connectivity index (χ2n) is 14.4. The Labute approximate surface area is 251 Å². The van der Waals surface area contributed by atoms with Crippen LogP contribution in [0.2, 0.25) is 0 Å². The highest BCUT2D eigenvalue weighted by atomic mass is 16.7. The maximum Gasteiger partial charge on any atom is 0.334 e. The van der Waals surface area contributed by atoms with Gasteiger partial charge in [-0.25, -0.2) is 4.79 Å². The molecule has 1 spiro atoms. The van der Waals surface area contributed by atoms with Crippen molar-refractivity contribution in [2.75, 3.05) is 6.61 Å². The fourth-order valence-electron chi connectivity index (χ4n) is 10.4. The van der Waals surface area contributed by atoms with Crippen molar-refractivity contribution in [3.05, 3.63) is 11.1 Å². The maximum absolute atomic E-state index is 13.8. The molecule has 11 heteroatoms. The van der Waals surface area contributed by atoms with Crippen LogP contribution in [-0.4, -0.2) is 86.3 Å². The van der Waals surface area contributed by atoms with Crippen molar-refractivity contribution in [2.45, 2.75) is 134 Å². The second kappa shape index (κ2) is 9.34. The summed E-state index contributed by atoms with van der Waals surface area (Å²) < 4.78 is 23.3. The van der Waals surface area contributed by atoms with E-state index in [2.05, 4.69) is 0 Å². The molecule has 2 aliphatic heterocycles. The number of ether oxygens (including phenoxy) is 4. The number of hydrogen-bond acceptors (Lipinski definition) is 11. The van der Waals surface area contributed by atoms with Crippen molar-refractivity contribution in [2.24, 2.45) is 22.7 Å². The summed E-state index contributed by atoms with van der Waals surface area (Å²) in [5, 5.41) is 37.9. The van der Waals surface area contributed by atoms with E-state index < -0.39 is 75.4 Å². The van der Waals surface area contributed by atoms with Gasteiger partial charge in [0.15, 0.2) is 0 Å². The van der Waals surface area contributed by atoms with E-state index >= 15 is 0 Å². The third kappa shape index (κ3) is 3.62. The number of carbonyl (C=O) groups excluding carboxylic acids is 4. The van der Waals surface area contributed by atoms with Crippen LogP contribution < -0.4 is 0 Å². The topological polar surface area (TPSA) is 169 Å². The first-order valence-electron chi connectivity index (χ1n) is 15.5. The van der Waals surface area contributed by atoms with E-state index in [1.807, 2.05) is 6.92 Å². The molecule has 0 radical (unpaired) electrons. The van der Waals surface area contributed by atoms with Gasteiger partial charge < -0.3 is 34.3 Å². The van der Waals surface area contributed by atoms with E-state index in [1.165, 1.54) is 20.8 Å². The molecule has 3 N–H and O–H groups in total. The van der Waals surface area contributed by atoms with E-state index in [0.29, 0.717) is 24.8 Å². The molecule has 6 aliphatic rings. The predicted molar refractivity (Wildman–Crippen MR) is 148 cm³/mol. The molecule has 0 aromatic carbocycles. The third-order valence-electron chi connectivity index (χ3n) is 12.9. The highest BCUT2D eigenvalue weighted by molar-refractivity contribution is 5.90. The molecule has 1 saturated heterocycles. The number of rotatable bonds is 5. The van der Waals surface area contributed by atoms with E-state index in [9.17, 15) is 34.5 Å². The Morgan fingerprint density at radius 2 is 1.74 bits per heavy atom. The summed E-state index contributed by atoms with van der Waals surface area (Å²) >= 11 is 0. The van der Waals surface area contributed by atoms with Gasteiger partial charge in [0, 0.05) is 32.3 Å². The summed E-state index contributed by atoms with van der Waals surface area (Å²) in [6.07, 6.45) is -0.497. The highest BCUT2D eigenvalue weighted by Crippen LogP contribution is 2.76. The number of hydrogen-bond donors (Lipinski definition) is 3. The lowest BCUT2D eigenvalue weighted by atomic mass is 9.41. The van der Waals surface area contributed by atoms with Gasteiger partial charge in [-0.2, -0.15) is 0 Å². The van der Waals surface area contributed by atoms with Gasteiger partial charge in [-0.05, 0) is 78.1 Å². The lowest BCUT2D eigenvalue weighted by Crippen LogP contribution is -2.76. The fraction of sp³-hybridized carbons (Fsp3) is 0.812. The standard InChI is InChI=1S/C32H44O11/c1-16-13-24(42-26(36)17(16)2)28(6,37)31(39)12-11-30(38)21-14-25-32(43-25)23(41-19(4)34)8-7-22(35)27(32,5)20(21)9-10-29(30,31)15-40-18(3)33/h20-21,23-25,37-39H,7-15H2,1-6H3/t20-,21+,23-,24?,25+,27-,28-,29+,30+,31+,32+/m0/s1. The maximum atomic E-state index is 13.8. The van der Waals surface area contributed by atoms with Crippen molar-refractivity contribution in [3.63, 3.8) is 0 Å². The first kappa shape index (κ1) is 30.7. The summed E-state index contributed by atoms with van der Waals surface area (Å²) in [7, 11) is 0. The van der Waals surface area contributed by atoms with E-state index in [-0.39, 0.29) is 50.4 Å². The number of aliphatic hydroxyl groups is 3. The zero-order valence-corrected chi connectivity index (χ0v) is 25.9. The zero-order valence-electron chi connectivity index (χ0n) is 25.9. The average molecular weight is 605 g/mol. The lowest BCUT2D eigenvalue weighted by Gasteiger charge is -2.64. The minimum atomic E-state index is -2.03. The first-order valence-corrected chi connectivity index (χ1v) is 15.5. The molecule has 0 aromatic rings. The molecule has 11 nitrogen and oxygen atoms in total. The Bertz CT molecular complexity index is 1320. The Morgan fingerprint density at radius 3 is 2.37 bits per heavy atom. The van der Waals surface area contributed by atoms with Gasteiger partial charge in [0.25, 0.3) is 0 Å². The van der Waals surface area contributed by atoms with Crippen molar-refractivity contribution in [1.82, 2.24) is 0 Å². The van der Waals surface area contributed by atoms with Crippen LogP contribution in [0.4, 0.5) is 0 Å². The summed E-state index contributed by atoms with van der Waals surface area (Å²) in [4.78, 5) is 50.7. The molecule has 4 aliphatic carbocycles. The molecule has 43 heavy (non-hydrogen) atoms. The second-order valence-corrected chi connectivity index (χ2v) is 14.4. The van der Waals surface area contributed by atoms with Gasteiger partial charge in [0.05, 0.1) is 22.5 Å². The zero-order chi connectivity index (χ0) is 31.5. The summed E-state index contributed by atoms with van der Waals surface area (Å²) in [5.41, 5.74) is -8.10. The molecule has 2 heterocycles. The van der Waals surface area contributed by atoms with Crippen LogP contribution in [0.25, 0.3) is 0 Å². The van der Waals surface area contributed by atoms with Crippen LogP contribution in [0.15, 0.2) is 11.1 Å². The number of epoxide rings is 1. The number of cyclic esters (lactones) is 1. The molecule has 5 fully saturated rings. The normalized spacial score (nSPS) is 48.2. The number of Topliss-reactive ketones (excluding diaryl/α,β-unsaturated/α-hetero) is 1. The minimum Gasteiger partial charge on any atom is -0.465 e. The van der Waals surface area contributed by atoms with Crippen molar-refractivity contribution < 1.29 is 53.4 Å². The number of ketones is 1. The van der Waals surface area contributed by atoms with E-state index in [1.54, 1.807) is 13.8 Å². The summed E-state index contributed by atoms with van der Waals surface area (Å²) in [5.74, 6) is -2.55. The van der Waals surface area contributed by atoms with Crippen LogP contribution in [0.5, 0.6) is 0 Å². The first-order chi connectivity index (χ1) is 19.9. The van der Waals surface area contributed by atoms with Crippen molar-refractivity contribution in [3.8, 4) is 0 Å². The molecule has 4 saturated carbocycles. The molecule has 11 atom stereocenters. The van der Waals surface area contributed by atoms with Gasteiger partial charge in [-0.15, -0.1) is 0 Å². The summed E-state index contributed by atoms with van der Waals surface area (Å²) in [6.45, 7) is 8.95. The van der Waals surface area contributed by atoms with Crippen molar-refractivity contribution >= 4 is 23.7 Å². The van der Waals surface area contributed by atoms with Crippen LogP contribution in [0.3, 0.4) is 0 Å². The molecular formula is C32H44O11. The van der Waals surface area contributed by atoms with Gasteiger partial charge in [-0.3, -0.25) is 14.4 Å². The van der Waals surface area contributed by atoms with Gasteiger partial charge >= 0.3 is 17.9 Å². The summed E-state index contributed by atoms with van der Waals surface area (Å²) in [6, 6.07) is 0. The molecule has 0 amide bonds. The fourth-order valence-corrected chi connectivity index (χ4v) is 10.4. The van der Waals surface area contributed by atoms with Crippen molar-refractivity contribution in [1.29, 1.82) is 0 Å². The Hall–Kier alpha value is -2.34. The van der Waals surface area contributed by atoms with E-state index in [0.717, 1.165) is 5.57 Å². The Kier molecular flexibility index (Phi) is 6.66. The van der Waals surface area contributed by atoms with Crippen LogP contribution in [0, 0.1) is 22.7 Å². The quantitative estimate of drug-likeness (QED) is 0.239. The highest BCUT2D eigenvalue weighted by Gasteiger charge is 2.86. The van der Waals surface area contributed by atoms with Crippen LogP contribution in [0.1, 0.15) is 92.9 Å². The predicted octanol–water partition coefficient (Wildman–Crippen LogP) is 2.06.